The zero-order valence-corrected chi connectivity index (χ0v) is 15.8. The molecule has 0 bridgehead atoms. The number of hydrogen-bond donors (Lipinski definition) is 2. The summed E-state index contributed by atoms with van der Waals surface area (Å²) in [5, 5.41) is 3.16. The van der Waals surface area contributed by atoms with Crippen LogP contribution in [-0.4, -0.2) is 25.8 Å². The van der Waals surface area contributed by atoms with E-state index in [1.165, 1.54) is 13.1 Å². The van der Waals surface area contributed by atoms with Gasteiger partial charge in [-0.15, -0.1) is 0 Å². The average molecular weight is 396 g/mol. The molecule has 0 aliphatic heterocycles. The predicted octanol–water partition coefficient (Wildman–Crippen LogP) is 4.75. The van der Waals surface area contributed by atoms with E-state index in [0.29, 0.717) is 27.6 Å². The zero-order chi connectivity index (χ0) is 19.8. The van der Waals surface area contributed by atoms with E-state index < -0.39 is 0 Å². The Balaban J connectivity index is 1.98. The molecule has 8 heteroatoms. The van der Waals surface area contributed by atoms with E-state index in [4.69, 9.17) is 11.6 Å². The number of aromatic nitrogens is 4. The summed E-state index contributed by atoms with van der Waals surface area (Å²) in [5.74, 6) is -0.173. The van der Waals surface area contributed by atoms with Gasteiger partial charge < -0.3 is 10.3 Å². The molecule has 0 atom stereocenters. The summed E-state index contributed by atoms with van der Waals surface area (Å²) in [6.07, 6.45) is 4.34. The summed E-state index contributed by atoms with van der Waals surface area (Å²) in [6.45, 7) is 3.10. The third-order valence-corrected chi connectivity index (χ3v) is 4.46. The second kappa shape index (κ2) is 7.01. The summed E-state index contributed by atoms with van der Waals surface area (Å²) in [7, 11) is 0. The van der Waals surface area contributed by atoms with Crippen LogP contribution in [0.25, 0.3) is 33.5 Å². The number of rotatable bonds is 3. The molecule has 0 aliphatic rings. The fraction of sp³-hybridized carbons (Fsp3) is 0.100. The predicted molar refractivity (Wildman–Crippen MR) is 107 cm³/mol. The van der Waals surface area contributed by atoms with Crippen LogP contribution in [0, 0.1) is 12.7 Å². The van der Waals surface area contributed by atoms with Crippen LogP contribution in [0.2, 0.25) is 5.02 Å². The molecule has 0 saturated heterocycles. The van der Waals surface area contributed by atoms with Crippen molar-refractivity contribution in [2.45, 2.75) is 13.8 Å². The van der Waals surface area contributed by atoms with Crippen molar-refractivity contribution in [3.8, 4) is 22.5 Å². The van der Waals surface area contributed by atoms with E-state index in [1.807, 2.05) is 0 Å². The number of halogens is 2. The summed E-state index contributed by atoms with van der Waals surface area (Å²) in [5.41, 5.74) is 4.65. The quantitative estimate of drug-likeness (QED) is 0.524. The second-order valence-corrected chi connectivity index (χ2v) is 6.79. The maximum atomic E-state index is 13.8. The van der Waals surface area contributed by atoms with Crippen molar-refractivity contribution in [2.75, 3.05) is 5.32 Å². The van der Waals surface area contributed by atoms with Crippen molar-refractivity contribution in [1.29, 1.82) is 0 Å². The van der Waals surface area contributed by atoms with Crippen molar-refractivity contribution in [1.82, 2.24) is 19.9 Å². The van der Waals surface area contributed by atoms with E-state index in [9.17, 15) is 9.18 Å². The minimum atomic E-state index is -0.377. The number of H-pyrrole nitrogens is 1. The highest BCUT2D eigenvalue weighted by Gasteiger charge is 2.19. The summed E-state index contributed by atoms with van der Waals surface area (Å²) < 4.78 is 13.8. The first kappa shape index (κ1) is 18.1. The van der Waals surface area contributed by atoms with E-state index in [2.05, 4.69) is 25.3 Å². The average Bonchev–Trinajstić information content (AvgIpc) is 3.02. The molecule has 6 nitrogen and oxygen atoms in total. The van der Waals surface area contributed by atoms with Gasteiger partial charge in [0.05, 0.1) is 39.2 Å². The van der Waals surface area contributed by atoms with Gasteiger partial charge in [0.15, 0.2) is 0 Å². The lowest BCUT2D eigenvalue weighted by atomic mass is 10.0. The number of anilines is 1. The van der Waals surface area contributed by atoms with Crippen LogP contribution in [0.3, 0.4) is 0 Å². The number of carbonyl (C=O) groups excluding carboxylic acids is 1. The van der Waals surface area contributed by atoms with Gasteiger partial charge in [0.25, 0.3) is 0 Å². The Labute approximate surface area is 164 Å². The molecule has 2 N–H and O–H groups in total. The summed E-state index contributed by atoms with van der Waals surface area (Å²) in [4.78, 5) is 27.5. The summed E-state index contributed by atoms with van der Waals surface area (Å²) >= 11 is 6.10. The molecular formula is C20H15ClFN5O. The lowest BCUT2D eigenvalue weighted by molar-refractivity contribution is -0.114. The fourth-order valence-corrected chi connectivity index (χ4v) is 3.18. The van der Waals surface area contributed by atoms with Crippen LogP contribution in [0.4, 0.5) is 10.2 Å². The number of aryl methyl sites for hydroxylation is 1. The third-order valence-electron chi connectivity index (χ3n) is 4.26. The Kier molecular flexibility index (Phi) is 4.52. The molecule has 4 heterocycles. The highest BCUT2D eigenvalue weighted by molar-refractivity contribution is 6.31. The van der Waals surface area contributed by atoms with Crippen molar-refractivity contribution < 1.29 is 9.18 Å². The molecule has 0 spiro atoms. The minimum absolute atomic E-state index is 0.217. The van der Waals surface area contributed by atoms with Crippen LogP contribution in [-0.2, 0) is 4.79 Å². The first-order valence-electron chi connectivity index (χ1n) is 8.46. The van der Waals surface area contributed by atoms with E-state index >= 15 is 0 Å². The largest absolute Gasteiger partial charge is 0.353 e. The van der Waals surface area contributed by atoms with Gasteiger partial charge >= 0.3 is 0 Å². The van der Waals surface area contributed by atoms with E-state index in [-0.39, 0.29) is 11.7 Å². The number of aromatic amines is 1. The molecule has 28 heavy (non-hydrogen) atoms. The normalized spacial score (nSPS) is 11.0. The zero-order valence-electron chi connectivity index (χ0n) is 15.0. The van der Waals surface area contributed by atoms with Gasteiger partial charge in [0.1, 0.15) is 11.6 Å². The second-order valence-electron chi connectivity index (χ2n) is 6.35. The maximum absolute atomic E-state index is 13.8. The van der Waals surface area contributed by atoms with Gasteiger partial charge in [-0.1, -0.05) is 11.6 Å². The van der Waals surface area contributed by atoms with Crippen LogP contribution in [0.15, 0.2) is 42.9 Å². The van der Waals surface area contributed by atoms with Gasteiger partial charge in [-0.05, 0) is 36.8 Å². The first-order chi connectivity index (χ1) is 13.4. The number of nitrogens with one attached hydrogen (secondary N) is 2. The van der Waals surface area contributed by atoms with Crippen molar-refractivity contribution in [2.24, 2.45) is 0 Å². The number of amides is 1. The minimum Gasteiger partial charge on any atom is -0.353 e. The Morgan fingerprint density at radius 1 is 1.18 bits per heavy atom. The molecule has 140 valence electrons. The van der Waals surface area contributed by atoms with Gasteiger partial charge in [-0.2, -0.15) is 0 Å². The van der Waals surface area contributed by atoms with Crippen LogP contribution in [0.1, 0.15) is 12.5 Å². The van der Waals surface area contributed by atoms with E-state index in [0.717, 1.165) is 22.3 Å². The molecule has 0 radical (unpaired) electrons. The third kappa shape index (κ3) is 3.32. The highest BCUT2D eigenvalue weighted by atomic mass is 35.5. The lowest BCUT2D eigenvalue weighted by Crippen LogP contribution is -2.07. The van der Waals surface area contributed by atoms with Crippen LogP contribution in [0.5, 0.6) is 0 Å². The number of nitrogens with zero attached hydrogens (tertiary/aromatic N) is 3. The molecule has 0 fully saturated rings. The van der Waals surface area contributed by atoms with Gasteiger partial charge in [0, 0.05) is 24.9 Å². The Bertz CT molecular complexity index is 1220. The SMILES string of the molecule is CC(=O)Nc1cc(-c2[nH]c3cc(Cl)cnc3c2-c2cc(C)c(F)cn2)ccn1. The molecule has 1 amide bonds. The molecule has 4 rings (SSSR count). The number of carbonyl (C=O) groups is 1. The topological polar surface area (TPSA) is 83.6 Å². The number of fused-ring (bicyclic) bond motifs is 1. The molecule has 4 aromatic rings. The highest BCUT2D eigenvalue weighted by Crippen LogP contribution is 2.37. The van der Waals surface area contributed by atoms with Crippen molar-refractivity contribution >= 4 is 34.4 Å². The van der Waals surface area contributed by atoms with E-state index in [1.54, 1.807) is 43.6 Å². The molecule has 0 aromatic carbocycles. The smallest absolute Gasteiger partial charge is 0.222 e. The number of hydrogen-bond acceptors (Lipinski definition) is 4. The Morgan fingerprint density at radius 3 is 2.75 bits per heavy atom. The summed E-state index contributed by atoms with van der Waals surface area (Å²) in [6, 6.07) is 6.99. The molecule has 4 aromatic heterocycles. The first-order valence-corrected chi connectivity index (χ1v) is 8.84. The Hall–Kier alpha value is -3.32. The standard InChI is InChI=1S/C20H15ClFN5O/c1-10-5-15(24-9-14(10)22)18-19(27-16-7-13(21)8-25-20(16)18)12-3-4-23-17(6-12)26-11(2)28/h3-9,27H,1-2H3,(H,23,26,28). The fourth-order valence-electron chi connectivity index (χ4n) is 3.03. The van der Waals surface area contributed by atoms with Crippen LogP contribution < -0.4 is 5.32 Å². The van der Waals surface area contributed by atoms with Crippen molar-refractivity contribution in [3.05, 3.63) is 59.3 Å². The van der Waals surface area contributed by atoms with Gasteiger partial charge in [-0.3, -0.25) is 14.8 Å². The molecular weight excluding hydrogens is 381 g/mol. The Morgan fingerprint density at radius 2 is 2.00 bits per heavy atom. The van der Waals surface area contributed by atoms with Crippen LogP contribution >= 0.6 is 11.6 Å². The van der Waals surface area contributed by atoms with Gasteiger partial charge in [-0.25, -0.2) is 9.37 Å². The number of pyridine rings is 3. The van der Waals surface area contributed by atoms with Gasteiger partial charge in [0.2, 0.25) is 5.91 Å². The van der Waals surface area contributed by atoms with Crippen molar-refractivity contribution in [3.63, 3.8) is 0 Å². The maximum Gasteiger partial charge on any atom is 0.222 e. The molecule has 0 unspecified atom stereocenters. The monoisotopic (exact) mass is 395 g/mol. The molecule has 0 aliphatic carbocycles. The lowest BCUT2D eigenvalue weighted by Gasteiger charge is -2.08. The molecule has 0 saturated carbocycles.